The molecule has 0 bridgehead atoms. The number of hydrogen-bond acceptors (Lipinski definition) is 6. The van der Waals surface area contributed by atoms with E-state index in [1.165, 1.54) is 32.2 Å². The third kappa shape index (κ3) is 4.93. The molecule has 1 saturated carbocycles. The predicted octanol–water partition coefficient (Wildman–Crippen LogP) is 0.817. The molecule has 9 heteroatoms. The number of esters is 1. The summed E-state index contributed by atoms with van der Waals surface area (Å²) in [5.41, 5.74) is 0.0214. The normalized spacial score (nSPS) is 15.3. The van der Waals surface area contributed by atoms with Crippen molar-refractivity contribution in [3.63, 3.8) is 0 Å². The lowest BCUT2D eigenvalue weighted by Gasteiger charge is -2.14. The third-order valence-corrected chi connectivity index (χ3v) is 5.13. The molecular formula is C16H22N2O6S. The van der Waals surface area contributed by atoms with Crippen LogP contribution in [0, 0.1) is 0 Å². The van der Waals surface area contributed by atoms with Gasteiger partial charge in [-0.25, -0.2) is 17.9 Å². The first kappa shape index (κ1) is 19.2. The summed E-state index contributed by atoms with van der Waals surface area (Å²) in [6.45, 7) is 3.61. The number of hydrogen-bond donors (Lipinski definition) is 2. The Morgan fingerprint density at radius 2 is 2.00 bits per heavy atom. The standard InChI is InChI=1S/C16H22N2O6S/c1-4-17-15(19)10(2)24-16(20)11-5-8-13(23-3)14(9-11)25(21,22)18-12-6-7-12/h5,8-10,12,18H,4,6-7H2,1-3H3,(H,17,19)/t10-/m1/s1. The summed E-state index contributed by atoms with van der Waals surface area (Å²) in [5, 5.41) is 2.54. The molecule has 0 saturated heterocycles. The smallest absolute Gasteiger partial charge is 0.338 e. The van der Waals surface area contributed by atoms with Crippen LogP contribution in [0.25, 0.3) is 0 Å². The summed E-state index contributed by atoms with van der Waals surface area (Å²) in [6, 6.07) is 3.88. The zero-order valence-electron chi connectivity index (χ0n) is 14.4. The summed E-state index contributed by atoms with van der Waals surface area (Å²) in [5.74, 6) is -1.08. The number of methoxy groups -OCH3 is 1. The van der Waals surface area contributed by atoms with E-state index in [0.29, 0.717) is 6.54 Å². The van der Waals surface area contributed by atoms with Crippen LogP contribution in [-0.2, 0) is 19.6 Å². The fraction of sp³-hybridized carbons (Fsp3) is 0.500. The van der Waals surface area contributed by atoms with Gasteiger partial charge in [-0.05, 0) is 44.9 Å². The predicted molar refractivity (Wildman–Crippen MR) is 89.9 cm³/mol. The van der Waals surface area contributed by atoms with Crippen LogP contribution in [0.4, 0.5) is 0 Å². The molecule has 138 valence electrons. The number of nitrogens with one attached hydrogen (secondary N) is 2. The molecule has 25 heavy (non-hydrogen) atoms. The molecule has 2 N–H and O–H groups in total. The highest BCUT2D eigenvalue weighted by molar-refractivity contribution is 7.89. The average Bonchev–Trinajstić information content (AvgIpc) is 3.37. The zero-order valence-corrected chi connectivity index (χ0v) is 15.2. The lowest BCUT2D eigenvalue weighted by molar-refractivity contribution is -0.128. The molecule has 8 nitrogen and oxygen atoms in total. The van der Waals surface area contributed by atoms with Crippen LogP contribution in [0.15, 0.2) is 23.1 Å². The Morgan fingerprint density at radius 1 is 1.32 bits per heavy atom. The maximum Gasteiger partial charge on any atom is 0.338 e. The Morgan fingerprint density at radius 3 is 2.56 bits per heavy atom. The average molecular weight is 370 g/mol. The summed E-state index contributed by atoms with van der Waals surface area (Å²) < 4.78 is 37.6. The first-order valence-corrected chi connectivity index (χ1v) is 9.46. The van der Waals surface area contributed by atoms with Crippen molar-refractivity contribution in [2.45, 2.75) is 43.7 Å². The van der Waals surface area contributed by atoms with E-state index < -0.39 is 28.0 Å². The lowest BCUT2D eigenvalue weighted by Crippen LogP contribution is -2.35. The van der Waals surface area contributed by atoms with E-state index >= 15 is 0 Å². The summed E-state index contributed by atoms with van der Waals surface area (Å²) >= 11 is 0. The molecule has 0 radical (unpaired) electrons. The van der Waals surface area contributed by atoms with Crippen LogP contribution < -0.4 is 14.8 Å². The molecule has 0 aliphatic heterocycles. The van der Waals surface area contributed by atoms with Crippen LogP contribution in [0.2, 0.25) is 0 Å². The maximum atomic E-state index is 12.4. The van der Waals surface area contributed by atoms with Crippen molar-refractivity contribution in [1.82, 2.24) is 10.0 Å². The Labute approximate surface area is 146 Å². The molecule has 1 atom stereocenters. The van der Waals surface area contributed by atoms with E-state index in [1.54, 1.807) is 6.92 Å². The van der Waals surface area contributed by atoms with Crippen LogP contribution in [-0.4, -0.2) is 46.1 Å². The van der Waals surface area contributed by atoms with E-state index in [-0.39, 0.29) is 22.3 Å². The van der Waals surface area contributed by atoms with Crippen molar-refractivity contribution in [2.24, 2.45) is 0 Å². The van der Waals surface area contributed by atoms with E-state index in [9.17, 15) is 18.0 Å². The number of benzene rings is 1. The highest BCUT2D eigenvalue weighted by atomic mass is 32.2. The van der Waals surface area contributed by atoms with E-state index in [0.717, 1.165) is 12.8 Å². The van der Waals surface area contributed by atoms with Gasteiger partial charge >= 0.3 is 5.97 Å². The monoisotopic (exact) mass is 370 g/mol. The van der Waals surface area contributed by atoms with Gasteiger partial charge in [-0.2, -0.15) is 0 Å². The molecule has 2 rings (SSSR count). The number of likely N-dealkylation sites (N-methyl/N-ethyl adjacent to an activating group) is 1. The molecular weight excluding hydrogens is 348 g/mol. The molecule has 1 aliphatic carbocycles. The molecule has 1 aliphatic rings. The lowest BCUT2D eigenvalue weighted by atomic mass is 10.2. The van der Waals surface area contributed by atoms with Crippen molar-refractivity contribution < 1.29 is 27.5 Å². The molecule has 0 heterocycles. The Kier molecular flexibility index (Phi) is 6.02. The molecule has 1 amide bonds. The second-order valence-electron chi connectivity index (χ2n) is 5.70. The van der Waals surface area contributed by atoms with Crippen molar-refractivity contribution in [2.75, 3.05) is 13.7 Å². The zero-order chi connectivity index (χ0) is 18.6. The van der Waals surface area contributed by atoms with Crippen LogP contribution >= 0.6 is 0 Å². The molecule has 0 spiro atoms. The number of sulfonamides is 1. The minimum atomic E-state index is -3.81. The minimum Gasteiger partial charge on any atom is -0.495 e. The van der Waals surface area contributed by atoms with Gasteiger partial charge < -0.3 is 14.8 Å². The maximum absolute atomic E-state index is 12.4. The second kappa shape index (κ2) is 7.83. The van der Waals surface area contributed by atoms with Crippen molar-refractivity contribution in [3.8, 4) is 5.75 Å². The second-order valence-corrected chi connectivity index (χ2v) is 7.39. The van der Waals surface area contributed by atoms with Gasteiger partial charge in [0.1, 0.15) is 10.6 Å². The number of amides is 1. The Balaban J connectivity index is 2.22. The summed E-state index contributed by atoms with van der Waals surface area (Å²) in [7, 11) is -2.46. The number of carbonyl (C=O) groups is 2. The first-order valence-electron chi connectivity index (χ1n) is 7.97. The SMILES string of the molecule is CCNC(=O)[C@@H](C)OC(=O)c1ccc(OC)c(S(=O)(=O)NC2CC2)c1. The topological polar surface area (TPSA) is 111 Å². The minimum absolute atomic E-state index is 0.0214. The van der Waals surface area contributed by atoms with Gasteiger partial charge in [-0.1, -0.05) is 0 Å². The van der Waals surface area contributed by atoms with E-state index in [2.05, 4.69) is 10.0 Å². The van der Waals surface area contributed by atoms with Crippen LogP contribution in [0.1, 0.15) is 37.0 Å². The van der Waals surface area contributed by atoms with Crippen LogP contribution in [0.3, 0.4) is 0 Å². The molecule has 0 unspecified atom stereocenters. The first-order chi connectivity index (χ1) is 11.8. The number of ether oxygens (including phenoxy) is 2. The molecule has 0 aromatic heterocycles. The molecule has 1 fully saturated rings. The van der Waals surface area contributed by atoms with Crippen molar-refractivity contribution in [3.05, 3.63) is 23.8 Å². The number of carbonyl (C=O) groups excluding carboxylic acids is 2. The third-order valence-electron chi connectivity index (χ3n) is 3.59. The Bertz CT molecular complexity index is 758. The largest absolute Gasteiger partial charge is 0.495 e. The highest BCUT2D eigenvalue weighted by Gasteiger charge is 2.30. The molecule has 1 aromatic rings. The van der Waals surface area contributed by atoms with E-state index in [4.69, 9.17) is 9.47 Å². The van der Waals surface area contributed by atoms with Gasteiger partial charge in [-0.3, -0.25) is 4.79 Å². The van der Waals surface area contributed by atoms with Gasteiger partial charge in [0.15, 0.2) is 6.10 Å². The van der Waals surface area contributed by atoms with Crippen LogP contribution in [0.5, 0.6) is 5.75 Å². The van der Waals surface area contributed by atoms with Gasteiger partial charge in [0, 0.05) is 12.6 Å². The van der Waals surface area contributed by atoms with Gasteiger partial charge in [-0.15, -0.1) is 0 Å². The molecule has 1 aromatic carbocycles. The van der Waals surface area contributed by atoms with Gasteiger partial charge in [0.05, 0.1) is 12.7 Å². The fourth-order valence-electron chi connectivity index (χ4n) is 2.10. The van der Waals surface area contributed by atoms with Gasteiger partial charge in [0.25, 0.3) is 5.91 Å². The Hall–Kier alpha value is -2.13. The van der Waals surface area contributed by atoms with E-state index in [1.807, 2.05) is 0 Å². The summed E-state index contributed by atoms with van der Waals surface area (Å²) in [4.78, 5) is 23.7. The quantitative estimate of drug-likeness (QED) is 0.656. The fourth-order valence-corrected chi connectivity index (χ4v) is 3.60. The number of rotatable bonds is 8. The van der Waals surface area contributed by atoms with Crippen molar-refractivity contribution >= 4 is 21.9 Å². The highest BCUT2D eigenvalue weighted by Crippen LogP contribution is 2.28. The summed E-state index contributed by atoms with van der Waals surface area (Å²) in [6.07, 6.45) is 0.583. The van der Waals surface area contributed by atoms with Crippen molar-refractivity contribution in [1.29, 1.82) is 0 Å². The van der Waals surface area contributed by atoms with Gasteiger partial charge in [0.2, 0.25) is 10.0 Å².